The Morgan fingerprint density at radius 3 is 2.64 bits per heavy atom. The molecule has 1 heterocycles. The quantitative estimate of drug-likeness (QED) is 0.878. The van der Waals surface area contributed by atoms with Gasteiger partial charge in [-0.2, -0.15) is 0 Å². The van der Waals surface area contributed by atoms with Crippen molar-refractivity contribution in [2.45, 2.75) is 38.6 Å². The predicted molar refractivity (Wildman–Crippen MR) is 95.7 cm³/mol. The van der Waals surface area contributed by atoms with E-state index in [0.29, 0.717) is 24.8 Å². The number of hydrogen-bond acceptors (Lipinski definition) is 3. The first-order valence-corrected chi connectivity index (χ1v) is 9.22. The van der Waals surface area contributed by atoms with Crippen LogP contribution in [-0.2, 0) is 4.74 Å². The van der Waals surface area contributed by atoms with E-state index in [1.165, 1.54) is 25.7 Å². The van der Waals surface area contributed by atoms with Crippen LogP contribution in [0.1, 0.15) is 32.6 Å². The summed E-state index contributed by atoms with van der Waals surface area (Å²) in [6, 6.07) is 7.30. The fourth-order valence-electron chi connectivity index (χ4n) is 4.74. The third-order valence-electron chi connectivity index (χ3n) is 5.99. The van der Waals surface area contributed by atoms with Crippen LogP contribution in [0.3, 0.4) is 0 Å². The van der Waals surface area contributed by atoms with Crippen molar-refractivity contribution in [2.24, 2.45) is 17.8 Å². The number of amides is 3. The summed E-state index contributed by atoms with van der Waals surface area (Å²) < 4.78 is 4.94. The smallest absolute Gasteiger partial charge is 0.414 e. The van der Waals surface area contributed by atoms with Crippen LogP contribution in [0.4, 0.5) is 21.0 Å². The molecule has 0 aromatic heterocycles. The Balaban J connectivity index is 1.31. The summed E-state index contributed by atoms with van der Waals surface area (Å²) in [5, 5.41) is 5.98. The molecule has 2 N–H and O–H groups in total. The van der Waals surface area contributed by atoms with Gasteiger partial charge in [-0.05, 0) is 68.2 Å². The second-order valence-electron chi connectivity index (χ2n) is 7.54. The highest BCUT2D eigenvalue weighted by Crippen LogP contribution is 2.49. The van der Waals surface area contributed by atoms with E-state index in [4.69, 9.17) is 4.74 Å². The molecular formula is C19H25N3O3. The molecule has 134 valence electrons. The number of fused-ring (bicyclic) bond motifs is 2. The van der Waals surface area contributed by atoms with Gasteiger partial charge in [-0.15, -0.1) is 0 Å². The summed E-state index contributed by atoms with van der Waals surface area (Å²) in [6.45, 7) is 3.10. The number of cyclic esters (lactones) is 1. The van der Waals surface area contributed by atoms with E-state index in [9.17, 15) is 9.59 Å². The zero-order valence-electron chi connectivity index (χ0n) is 14.5. The second-order valence-corrected chi connectivity index (χ2v) is 7.54. The maximum atomic E-state index is 12.3. The molecule has 0 radical (unpaired) electrons. The Bertz CT molecular complexity index is 660. The number of benzene rings is 1. The standard InChI is InChI=1S/C19H25N3O3/c1-12(17-11-13-2-3-14(17)10-13)20-18(23)21-15-4-6-16(7-5-15)22-8-9-25-19(22)24/h4-7,12-14,17H,2-3,8-11H2,1H3,(H2,20,21,23)/t12-,13-,14-,17-/m0/s1. The molecule has 2 bridgehead atoms. The van der Waals surface area contributed by atoms with E-state index in [1.807, 2.05) is 24.3 Å². The maximum Gasteiger partial charge on any atom is 0.414 e. The van der Waals surface area contributed by atoms with Crippen LogP contribution in [0.5, 0.6) is 0 Å². The predicted octanol–water partition coefficient (Wildman–Crippen LogP) is 3.59. The number of rotatable bonds is 4. The summed E-state index contributed by atoms with van der Waals surface area (Å²) in [4.78, 5) is 25.4. The minimum atomic E-state index is -0.321. The van der Waals surface area contributed by atoms with Crippen LogP contribution in [0.25, 0.3) is 0 Å². The zero-order chi connectivity index (χ0) is 17.4. The molecule has 1 saturated heterocycles. The van der Waals surface area contributed by atoms with Crippen molar-refractivity contribution >= 4 is 23.5 Å². The van der Waals surface area contributed by atoms with Gasteiger partial charge in [-0.3, -0.25) is 4.90 Å². The van der Waals surface area contributed by atoms with Crippen LogP contribution in [0, 0.1) is 17.8 Å². The SMILES string of the molecule is C[C@H](NC(=O)Nc1ccc(N2CCOC2=O)cc1)[C@@H]1C[C@H]2CC[C@H]1C2. The van der Waals surface area contributed by atoms with Crippen LogP contribution in [-0.4, -0.2) is 31.3 Å². The van der Waals surface area contributed by atoms with E-state index in [-0.39, 0.29) is 18.2 Å². The highest BCUT2D eigenvalue weighted by Gasteiger charge is 2.42. The van der Waals surface area contributed by atoms with Crippen molar-refractivity contribution in [2.75, 3.05) is 23.4 Å². The lowest BCUT2D eigenvalue weighted by molar-refractivity contribution is 0.181. The van der Waals surface area contributed by atoms with Gasteiger partial charge in [0, 0.05) is 17.4 Å². The number of nitrogens with zero attached hydrogens (tertiary/aromatic N) is 1. The molecule has 4 rings (SSSR count). The molecular weight excluding hydrogens is 318 g/mol. The van der Waals surface area contributed by atoms with Gasteiger partial charge in [0.15, 0.2) is 0 Å². The zero-order valence-corrected chi connectivity index (χ0v) is 14.5. The fourth-order valence-corrected chi connectivity index (χ4v) is 4.74. The minimum absolute atomic E-state index is 0.163. The lowest BCUT2D eigenvalue weighted by Gasteiger charge is -2.28. The van der Waals surface area contributed by atoms with E-state index in [1.54, 1.807) is 4.90 Å². The van der Waals surface area contributed by atoms with Crippen LogP contribution < -0.4 is 15.5 Å². The second kappa shape index (κ2) is 6.58. The number of nitrogens with one attached hydrogen (secondary N) is 2. The van der Waals surface area contributed by atoms with Gasteiger partial charge in [0.05, 0.1) is 6.54 Å². The number of ether oxygens (including phenoxy) is 1. The van der Waals surface area contributed by atoms with Crippen molar-refractivity contribution in [1.82, 2.24) is 5.32 Å². The number of hydrogen-bond donors (Lipinski definition) is 2. The van der Waals surface area contributed by atoms with E-state index < -0.39 is 0 Å². The molecule has 3 aliphatic rings. The van der Waals surface area contributed by atoms with Gasteiger partial charge in [0.2, 0.25) is 0 Å². The molecule has 6 nitrogen and oxygen atoms in total. The minimum Gasteiger partial charge on any atom is -0.447 e. The Kier molecular flexibility index (Phi) is 4.27. The molecule has 1 aliphatic heterocycles. The van der Waals surface area contributed by atoms with Gasteiger partial charge in [-0.25, -0.2) is 9.59 Å². The topological polar surface area (TPSA) is 70.7 Å². The van der Waals surface area contributed by atoms with Gasteiger partial charge in [0.25, 0.3) is 0 Å². The molecule has 6 heteroatoms. The van der Waals surface area contributed by atoms with Gasteiger partial charge < -0.3 is 15.4 Å². The average molecular weight is 343 g/mol. The highest BCUT2D eigenvalue weighted by atomic mass is 16.6. The largest absolute Gasteiger partial charge is 0.447 e. The van der Waals surface area contributed by atoms with E-state index >= 15 is 0 Å². The molecule has 3 amide bonds. The number of urea groups is 1. The van der Waals surface area contributed by atoms with Crippen molar-refractivity contribution in [1.29, 1.82) is 0 Å². The van der Waals surface area contributed by atoms with Crippen LogP contribution >= 0.6 is 0 Å². The van der Waals surface area contributed by atoms with Crippen molar-refractivity contribution < 1.29 is 14.3 Å². The normalized spacial score (nSPS) is 28.8. The molecule has 1 aromatic carbocycles. The highest BCUT2D eigenvalue weighted by molar-refractivity contribution is 5.91. The molecule has 4 atom stereocenters. The van der Waals surface area contributed by atoms with Crippen LogP contribution in [0.15, 0.2) is 24.3 Å². The van der Waals surface area contributed by atoms with Crippen LogP contribution in [0.2, 0.25) is 0 Å². The monoisotopic (exact) mass is 343 g/mol. The average Bonchev–Trinajstić information content (AvgIpc) is 3.32. The Morgan fingerprint density at radius 2 is 2.04 bits per heavy atom. The van der Waals surface area contributed by atoms with Gasteiger partial charge >= 0.3 is 12.1 Å². The first-order chi connectivity index (χ1) is 12.1. The molecule has 2 saturated carbocycles. The first kappa shape index (κ1) is 16.2. The summed E-state index contributed by atoms with van der Waals surface area (Å²) in [6.07, 6.45) is 4.98. The maximum absolute atomic E-state index is 12.3. The van der Waals surface area contributed by atoms with E-state index in [2.05, 4.69) is 17.6 Å². The summed E-state index contributed by atoms with van der Waals surface area (Å²) in [7, 11) is 0. The Hall–Kier alpha value is -2.24. The molecule has 25 heavy (non-hydrogen) atoms. The van der Waals surface area contributed by atoms with Gasteiger partial charge in [0.1, 0.15) is 6.61 Å². The summed E-state index contributed by atoms with van der Waals surface area (Å²) in [5.74, 6) is 2.29. The van der Waals surface area contributed by atoms with E-state index in [0.717, 1.165) is 17.5 Å². The lowest BCUT2D eigenvalue weighted by atomic mass is 9.84. The third kappa shape index (κ3) is 3.30. The molecule has 1 aromatic rings. The van der Waals surface area contributed by atoms with Crippen molar-refractivity contribution in [3.05, 3.63) is 24.3 Å². The summed E-state index contributed by atoms with van der Waals surface area (Å²) >= 11 is 0. The number of carbonyl (C=O) groups is 2. The van der Waals surface area contributed by atoms with Gasteiger partial charge in [-0.1, -0.05) is 6.42 Å². The molecule has 0 spiro atoms. The molecule has 0 unspecified atom stereocenters. The molecule has 3 fully saturated rings. The van der Waals surface area contributed by atoms with Crippen molar-refractivity contribution in [3.63, 3.8) is 0 Å². The number of anilines is 2. The first-order valence-electron chi connectivity index (χ1n) is 9.22. The van der Waals surface area contributed by atoms with Crippen molar-refractivity contribution in [3.8, 4) is 0 Å². The Labute approximate surface area is 147 Å². The third-order valence-corrected chi connectivity index (χ3v) is 5.99. The number of carbonyl (C=O) groups excluding carboxylic acids is 2. The molecule has 2 aliphatic carbocycles. The fraction of sp³-hybridized carbons (Fsp3) is 0.579. The summed E-state index contributed by atoms with van der Waals surface area (Å²) in [5.41, 5.74) is 1.50. The lowest BCUT2D eigenvalue weighted by Crippen LogP contribution is -2.42. The Morgan fingerprint density at radius 1 is 1.24 bits per heavy atom.